The second kappa shape index (κ2) is 10.1. The Morgan fingerprint density at radius 2 is 1.93 bits per heavy atom. The van der Waals surface area contributed by atoms with E-state index in [-0.39, 0.29) is 0 Å². The van der Waals surface area contributed by atoms with Gasteiger partial charge in [-0.05, 0) is 65.6 Å². The number of rotatable bonds is 7. The van der Waals surface area contributed by atoms with Gasteiger partial charge in [-0.15, -0.1) is 0 Å². The summed E-state index contributed by atoms with van der Waals surface area (Å²) in [5.74, 6) is 1.68. The number of hydrogen-bond acceptors (Lipinski definition) is 3. The van der Waals surface area contributed by atoms with Gasteiger partial charge in [0.1, 0.15) is 0 Å². The maximum Gasteiger partial charge on any atom is 0.191 e. The van der Waals surface area contributed by atoms with E-state index in [1.54, 1.807) is 0 Å². The fourth-order valence-electron chi connectivity index (χ4n) is 4.39. The third-order valence-corrected chi connectivity index (χ3v) is 6.11. The Balaban J connectivity index is 1.90. The van der Waals surface area contributed by atoms with Gasteiger partial charge >= 0.3 is 0 Å². The third-order valence-electron chi connectivity index (χ3n) is 6.11. The first-order valence-corrected chi connectivity index (χ1v) is 10.5. The smallest absolute Gasteiger partial charge is 0.191 e. The molecule has 2 rings (SSSR count). The zero-order chi connectivity index (χ0) is 20.0. The van der Waals surface area contributed by atoms with Crippen molar-refractivity contribution in [1.82, 2.24) is 25.3 Å². The van der Waals surface area contributed by atoms with E-state index in [2.05, 4.69) is 60.5 Å². The van der Waals surface area contributed by atoms with E-state index in [1.807, 2.05) is 18.8 Å². The molecule has 6 nitrogen and oxygen atoms in total. The molecule has 0 saturated heterocycles. The van der Waals surface area contributed by atoms with Crippen LogP contribution in [0.2, 0.25) is 0 Å². The molecule has 0 spiro atoms. The lowest BCUT2D eigenvalue weighted by molar-refractivity contribution is 0.171. The molecule has 1 fully saturated rings. The molecule has 2 N–H and O–H groups in total. The summed E-state index contributed by atoms with van der Waals surface area (Å²) in [5.41, 5.74) is 3.70. The highest BCUT2D eigenvalue weighted by Gasteiger charge is 2.25. The minimum absolute atomic E-state index is 0.297. The Bertz CT molecular complexity index is 612. The van der Waals surface area contributed by atoms with E-state index in [4.69, 9.17) is 0 Å². The fraction of sp³-hybridized carbons (Fsp3) is 0.810. The van der Waals surface area contributed by atoms with Gasteiger partial charge in [-0.3, -0.25) is 9.67 Å². The van der Waals surface area contributed by atoms with E-state index in [0.29, 0.717) is 12.1 Å². The Morgan fingerprint density at radius 3 is 2.44 bits per heavy atom. The first-order valence-electron chi connectivity index (χ1n) is 10.5. The van der Waals surface area contributed by atoms with Crippen molar-refractivity contribution >= 4 is 5.96 Å². The highest BCUT2D eigenvalue weighted by atomic mass is 15.3. The number of likely N-dealkylation sites (N-methyl/N-ethyl adjacent to an activating group) is 1. The molecular weight excluding hydrogens is 336 g/mol. The number of guanidine groups is 1. The molecule has 0 radical (unpaired) electrons. The largest absolute Gasteiger partial charge is 0.355 e. The summed E-state index contributed by atoms with van der Waals surface area (Å²) in [6.45, 7) is 7.38. The molecule has 0 amide bonds. The minimum Gasteiger partial charge on any atom is -0.355 e. The minimum atomic E-state index is 0.297. The van der Waals surface area contributed by atoms with Gasteiger partial charge in [0.25, 0.3) is 0 Å². The summed E-state index contributed by atoms with van der Waals surface area (Å²) in [5, 5.41) is 11.7. The van der Waals surface area contributed by atoms with Crippen molar-refractivity contribution in [3.63, 3.8) is 0 Å². The maximum absolute atomic E-state index is 4.53. The molecule has 27 heavy (non-hydrogen) atoms. The second-order valence-electron chi connectivity index (χ2n) is 8.40. The lowest BCUT2D eigenvalue weighted by Crippen LogP contribution is -2.50. The predicted molar refractivity (Wildman–Crippen MR) is 114 cm³/mol. The van der Waals surface area contributed by atoms with Crippen LogP contribution >= 0.6 is 0 Å². The summed E-state index contributed by atoms with van der Waals surface area (Å²) in [6, 6.07) is 0.854. The van der Waals surface area contributed by atoms with Crippen LogP contribution in [-0.2, 0) is 13.5 Å². The van der Waals surface area contributed by atoms with Crippen LogP contribution in [-0.4, -0.2) is 60.4 Å². The van der Waals surface area contributed by atoms with Crippen LogP contribution in [0.4, 0.5) is 0 Å². The molecule has 1 aromatic rings. The zero-order valence-electron chi connectivity index (χ0n) is 18.5. The van der Waals surface area contributed by atoms with E-state index in [0.717, 1.165) is 30.5 Å². The van der Waals surface area contributed by atoms with Gasteiger partial charge in [0.2, 0.25) is 0 Å². The number of nitrogens with one attached hydrogen (secondary N) is 2. The zero-order valence-corrected chi connectivity index (χ0v) is 18.5. The molecule has 0 bridgehead atoms. The SMILES string of the molecule is CN=C(NCC(C1CCCCC1)N(C)C)NC(C)Cc1c(C)nn(C)c1C. The van der Waals surface area contributed by atoms with Crippen molar-refractivity contribution in [3.05, 3.63) is 17.0 Å². The summed E-state index contributed by atoms with van der Waals surface area (Å²) < 4.78 is 1.97. The van der Waals surface area contributed by atoms with Crippen LogP contribution in [0.25, 0.3) is 0 Å². The van der Waals surface area contributed by atoms with Crippen molar-refractivity contribution < 1.29 is 0 Å². The van der Waals surface area contributed by atoms with Crippen LogP contribution in [0.3, 0.4) is 0 Å². The van der Waals surface area contributed by atoms with Crippen LogP contribution < -0.4 is 10.6 Å². The molecule has 1 saturated carbocycles. The number of aromatic nitrogens is 2. The van der Waals surface area contributed by atoms with E-state index in [9.17, 15) is 0 Å². The molecule has 6 heteroatoms. The van der Waals surface area contributed by atoms with Crippen molar-refractivity contribution in [2.45, 2.75) is 71.4 Å². The van der Waals surface area contributed by atoms with E-state index in [1.165, 1.54) is 43.4 Å². The normalized spacial score (nSPS) is 18.6. The molecule has 2 atom stereocenters. The summed E-state index contributed by atoms with van der Waals surface area (Å²) >= 11 is 0. The van der Waals surface area contributed by atoms with Crippen LogP contribution in [0.15, 0.2) is 4.99 Å². The van der Waals surface area contributed by atoms with Crippen molar-refractivity contribution in [3.8, 4) is 0 Å². The van der Waals surface area contributed by atoms with Crippen molar-refractivity contribution in [2.24, 2.45) is 18.0 Å². The molecule has 1 heterocycles. The lowest BCUT2D eigenvalue weighted by atomic mass is 9.83. The molecular formula is C21H40N6. The molecule has 1 aliphatic carbocycles. The molecule has 1 aromatic heterocycles. The van der Waals surface area contributed by atoms with Crippen molar-refractivity contribution in [2.75, 3.05) is 27.7 Å². The van der Waals surface area contributed by atoms with Crippen LogP contribution in [0, 0.1) is 19.8 Å². The Hall–Kier alpha value is -1.56. The number of aryl methyl sites for hydroxylation is 2. The van der Waals surface area contributed by atoms with Gasteiger partial charge < -0.3 is 15.5 Å². The summed E-state index contributed by atoms with van der Waals surface area (Å²) in [4.78, 5) is 6.83. The quantitative estimate of drug-likeness (QED) is 0.567. The van der Waals surface area contributed by atoms with E-state index < -0.39 is 0 Å². The average Bonchev–Trinajstić information content (AvgIpc) is 2.87. The Morgan fingerprint density at radius 1 is 1.26 bits per heavy atom. The average molecular weight is 377 g/mol. The Labute approximate surface area is 165 Å². The molecule has 154 valence electrons. The third kappa shape index (κ3) is 5.96. The van der Waals surface area contributed by atoms with Gasteiger partial charge in [0.05, 0.1) is 5.69 Å². The fourth-order valence-corrected chi connectivity index (χ4v) is 4.39. The predicted octanol–water partition coefficient (Wildman–Crippen LogP) is 2.64. The van der Waals surface area contributed by atoms with Gasteiger partial charge in [-0.25, -0.2) is 0 Å². The van der Waals surface area contributed by atoms with Gasteiger partial charge in [-0.1, -0.05) is 19.3 Å². The molecule has 1 aliphatic rings. The molecule has 0 aliphatic heterocycles. The first kappa shape index (κ1) is 21.7. The number of nitrogens with zero attached hydrogens (tertiary/aromatic N) is 4. The standard InChI is InChI=1S/C21H40N6/c1-15(13-19-16(2)25-27(7)17(19)3)24-21(22-4)23-14-20(26(5)6)18-11-9-8-10-12-18/h15,18,20H,8-14H2,1-7H3,(H2,22,23,24). The first-order chi connectivity index (χ1) is 12.8. The van der Waals surface area contributed by atoms with Gasteiger partial charge in [0.15, 0.2) is 5.96 Å². The highest BCUT2D eigenvalue weighted by Crippen LogP contribution is 2.28. The lowest BCUT2D eigenvalue weighted by Gasteiger charge is -2.35. The molecule has 2 unspecified atom stereocenters. The highest BCUT2D eigenvalue weighted by molar-refractivity contribution is 5.80. The maximum atomic E-state index is 4.53. The van der Waals surface area contributed by atoms with Crippen LogP contribution in [0.5, 0.6) is 0 Å². The molecule has 0 aromatic carbocycles. The van der Waals surface area contributed by atoms with E-state index >= 15 is 0 Å². The second-order valence-corrected chi connectivity index (χ2v) is 8.40. The monoisotopic (exact) mass is 376 g/mol. The Kier molecular flexibility index (Phi) is 8.14. The van der Waals surface area contributed by atoms with Crippen LogP contribution in [0.1, 0.15) is 56.0 Å². The number of aliphatic imine (C=N–C) groups is 1. The van der Waals surface area contributed by atoms with Gasteiger partial charge in [0, 0.05) is 38.4 Å². The topological polar surface area (TPSA) is 57.5 Å². The van der Waals surface area contributed by atoms with Crippen molar-refractivity contribution in [1.29, 1.82) is 0 Å². The van der Waals surface area contributed by atoms with Gasteiger partial charge in [-0.2, -0.15) is 5.10 Å². The summed E-state index contributed by atoms with van der Waals surface area (Å²) in [6.07, 6.45) is 7.81. The summed E-state index contributed by atoms with van der Waals surface area (Å²) in [7, 11) is 8.27. The number of hydrogen-bond donors (Lipinski definition) is 2.